The van der Waals surface area contributed by atoms with E-state index in [0.29, 0.717) is 30.1 Å². The van der Waals surface area contributed by atoms with Gasteiger partial charge in [-0.2, -0.15) is 0 Å². The maximum Gasteiger partial charge on any atom is 0.270 e. The molecule has 1 amide bonds. The van der Waals surface area contributed by atoms with E-state index >= 15 is 0 Å². The number of benzene rings is 1. The fourth-order valence-corrected chi connectivity index (χ4v) is 1.88. The molecule has 6 nitrogen and oxygen atoms in total. The maximum absolute atomic E-state index is 11.9. The smallest absolute Gasteiger partial charge is 0.270 e. The topological polar surface area (TPSA) is 81.5 Å². The lowest BCUT2D eigenvalue weighted by Gasteiger charge is -2.09. The molecule has 0 aliphatic carbocycles. The number of ether oxygens (including phenoxy) is 1. The normalized spacial score (nSPS) is 10.6. The lowest BCUT2D eigenvalue weighted by molar-refractivity contribution is -0.384. The van der Waals surface area contributed by atoms with E-state index in [0.717, 1.165) is 0 Å². The number of non-ortho nitro benzene ring substituents is 1. The second kappa shape index (κ2) is 7.96. The molecule has 0 radical (unpaired) electrons. The number of hydrogen-bond donors (Lipinski definition) is 1. The molecule has 0 saturated carbocycles. The highest BCUT2D eigenvalue weighted by Gasteiger charge is 2.15. The van der Waals surface area contributed by atoms with Crippen molar-refractivity contribution >= 4 is 27.5 Å². The first-order valence-corrected chi connectivity index (χ1v) is 7.01. The predicted octanol–water partition coefficient (Wildman–Crippen LogP) is 2.76. The summed E-state index contributed by atoms with van der Waals surface area (Å²) in [6.07, 6.45) is 0. The summed E-state index contributed by atoms with van der Waals surface area (Å²) >= 11 is 3.21. The molecule has 0 unspecified atom stereocenters. The number of nitrogens with one attached hydrogen (secondary N) is 1. The lowest BCUT2D eigenvalue weighted by Crippen LogP contribution is -2.28. The molecule has 0 aliphatic heterocycles. The Balaban J connectivity index is 2.55. The number of amides is 1. The largest absolute Gasteiger partial charge is 0.379 e. The summed E-state index contributed by atoms with van der Waals surface area (Å²) in [5.74, 6) is 0.0744. The highest BCUT2D eigenvalue weighted by Crippen LogP contribution is 2.22. The third-order valence-corrected chi connectivity index (χ3v) is 3.08. The Morgan fingerprint density at radius 2 is 2.20 bits per heavy atom. The number of carbonyl (C=O) groups excluding carboxylic acids is 1. The predicted molar refractivity (Wildman–Crippen MR) is 78.8 cm³/mol. The van der Waals surface area contributed by atoms with E-state index < -0.39 is 4.92 Å². The second-order valence-corrected chi connectivity index (χ2v) is 5.50. The molecule has 7 heteroatoms. The van der Waals surface area contributed by atoms with E-state index in [4.69, 9.17) is 4.74 Å². The monoisotopic (exact) mass is 344 g/mol. The summed E-state index contributed by atoms with van der Waals surface area (Å²) in [6, 6.07) is 4.07. The maximum atomic E-state index is 11.9. The Labute approximate surface area is 125 Å². The highest BCUT2D eigenvalue weighted by molar-refractivity contribution is 9.10. The lowest BCUT2D eigenvalue weighted by atomic mass is 10.2. The minimum atomic E-state index is -0.533. The number of nitro groups is 1. The van der Waals surface area contributed by atoms with Gasteiger partial charge in [0.25, 0.3) is 11.6 Å². The van der Waals surface area contributed by atoms with Crippen LogP contribution in [0.5, 0.6) is 0 Å². The van der Waals surface area contributed by atoms with E-state index in [9.17, 15) is 14.9 Å². The van der Waals surface area contributed by atoms with E-state index in [1.165, 1.54) is 18.2 Å². The van der Waals surface area contributed by atoms with Crippen LogP contribution in [0.15, 0.2) is 22.7 Å². The molecule has 0 bridgehead atoms. The van der Waals surface area contributed by atoms with E-state index in [-0.39, 0.29) is 17.2 Å². The first kappa shape index (κ1) is 16.6. The summed E-state index contributed by atoms with van der Waals surface area (Å²) in [5.41, 5.74) is 0.123. The van der Waals surface area contributed by atoms with Gasteiger partial charge in [-0.3, -0.25) is 14.9 Å². The van der Waals surface area contributed by atoms with E-state index in [2.05, 4.69) is 21.2 Å². The van der Waals surface area contributed by atoms with Crippen LogP contribution in [-0.2, 0) is 4.74 Å². The molecule has 1 rings (SSSR count). The third-order valence-electron chi connectivity index (χ3n) is 2.39. The number of carbonyl (C=O) groups is 1. The van der Waals surface area contributed by atoms with Crippen LogP contribution in [0.2, 0.25) is 0 Å². The van der Waals surface area contributed by atoms with Crippen LogP contribution in [-0.4, -0.2) is 30.6 Å². The zero-order valence-corrected chi connectivity index (χ0v) is 13.0. The van der Waals surface area contributed by atoms with Crippen molar-refractivity contribution in [2.75, 3.05) is 19.8 Å². The van der Waals surface area contributed by atoms with Crippen molar-refractivity contribution in [1.29, 1.82) is 0 Å². The molecule has 0 fully saturated rings. The summed E-state index contributed by atoms with van der Waals surface area (Å²) in [4.78, 5) is 22.1. The molecular formula is C13H17BrN2O4. The number of rotatable bonds is 7. The van der Waals surface area contributed by atoms with Crippen molar-refractivity contribution in [1.82, 2.24) is 5.32 Å². The first-order chi connectivity index (χ1) is 9.41. The SMILES string of the molecule is CC(C)COCCNC(=O)c1cc([N+](=O)[O-])ccc1Br. The van der Waals surface area contributed by atoms with Crippen molar-refractivity contribution in [3.63, 3.8) is 0 Å². The van der Waals surface area contributed by atoms with Crippen LogP contribution in [0.4, 0.5) is 5.69 Å². The summed E-state index contributed by atoms with van der Waals surface area (Å²) in [7, 11) is 0. The average molecular weight is 345 g/mol. The van der Waals surface area contributed by atoms with Gasteiger partial charge in [0.05, 0.1) is 17.1 Å². The van der Waals surface area contributed by atoms with Crippen LogP contribution in [0.25, 0.3) is 0 Å². The van der Waals surface area contributed by atoms with Crippen molar-refractivity contribution in [3.8, 4) is 0 Å². The van der Waals surface area contributed by atoms with Crippen molar-refractivity contribution in [3.05, 3.63) is 38.3 Å². The number of nitrogens with zero attached hydrogens (tertiary/aromatic N) is 1. The molecule has 1 aromatic carbocycles. The fraction of sp³-hybridized carbons (Fsp3) is 0.462. The standard InChI is InChI=1S/C13H17BrN2O4/c1-9(2)8-20-6-5-15-13(17)11-7-10(16(18)19)3-4-12(11)14/h3-4,7,9H,5-6,8H2,1-2H3,(H,15,17). The Hall–Kier alpha value is -1.47. The first-order valence-electron chi connectivity index (χ1n) is 6.21. The molecule has 1 N–H and O–H groups in total. The molecule has 0 aromatic heterocycles. The van der Waals surface area contributed by atoms with Crippen LogP contribution in [0.3, 0.4) is 0 Å². The quantitative estimate of drug-likeness (QED) is 0.468. The second-order valence-electron chi connectivity index (χ2n) is 4.65. The average Bonchev–Trinajstić information content (AvgIpc) is 2.37. The number of hydrogen-bond acceptors (Lipinski definition) is 4. The Bertz CT molecular complexity index is 491. The van der Waals surface area contributed by atoms with Gasteiger partial charge in [0.2, 0.25) is 0 Å². The van der Waals surface area contributed by atoms with E-state index in [1.54, 1.807) is 0 Å². The third kappa shape index (κ3) is 5.26. The van der Waals surface area contributed by atoms with Gasteiger partial charge in [0, 0.05) is 29.8 Å². The highest BCUT2D eigenvalue weighted by atomic mass is 79.9. The van der Waals surface area contributed by atoms with Crippen LogP contribution < -0.4 is 5.32 Å². The Morgan fingerprint density at radius 3 is 2.80 bits per heavy atom. The van der Waals surface area contributed by atoms with Gasteiger partial charge in [-0.25, -0.2) is 0 Å². The van der Waals surface area contributed by atoms with E-state index in [1.807, 2.05) is 13.8 Å². The van der Waals surface area contributed by atoms with Gasteiger partial charge in [0.1, 0.15) is 0 Å². The van der Waals surface area contributed by atoms with Gasteiger partial charge in [0.15, 0.2) is 0 Å². The van der Waals surface area contributed by atoms with Gasteiger partial charge < -0.3 is 10.1 Å². The molecule has 0 aliphatic rings. The van der Waals surface area contributed by atoms with Crippen molar-refractivity contribution in [2.24, 2.45) is 5.92 Å². The molecule has 0 spiro atoms. The molecule has 0 saturated heterocycles. The Morgan fingerprint density at radius 1 is 1.50 bits per heavy atom. The van der Waals surface area contributed by atoms with Crippen LogP contribution in [0.1, 0.15) is 24.2 Å². The number of halogens is 1. The van der Waals surface area contributed by atoms with Crippen molar-refractivity contribution < 1.29 is 14.5 Å². The van der Waals surface area contributed by atoms with Gasteiger partial charge in [-0.1, -0.05) is 13.8 Å². The molecule has 1 aromatic rings. The van der Waals surface area contributed by atoms with Crippen molar-refractivity contribution in [2.45, 2.75) is 13.8 Å². The minimum Gasteiger partial charge on any atom is -0.379 e. The molecule has 110 valence electrons. The summed E-state index contributed by atoms with van der Waals surface area (Å²) in [6.45, 7) is 5.49. The van der Waals surface area contributed by atoms with Gasteiger partial charge >= 0.3 is 0 Å². The zero-order chi connectivity index (χ0) is 15.1. The summed E-state index contributed by atoms with van der Waals surface area (Å²) < 4.78 is 5.86. The van der Waals surface area contributed by atoms with Gasteiger partial charge in [-0.05, 0) is 27.9 Å². The molecular weight excluding hydrogens is 328 g/mol. The molecule has 0 heterocycles. The number of nitro benzene ring substituents is 1. The minimum absolute atomic E-state index is 0.116. The zero-order valence-electron chi connectivity index (χ0n) is 11.4. The fourth-order valence-electron chi connectivity index (χ4n) is 1.45. The van der Waals surface area contributed by atoms with Crippen LogP contribution >= 0.6 is 15.9 Å². The Kier molecular flexibility index (Phi) is 6.60. The van der Waals surface area contributed by atoms with Gasteiger partial charge in [-0.15, -0.1) is 0 Å². The van der Waals surface area contributed by atoms with Crippen LogP contribution in [0, 0.1) is 16.0 Å². The molecule has 0 atom stereocenters. The summed E-state index contributed by atoms with van der Waals surface area (Å²) in [5, 5.41) is 13.4. The molecule has 20 heavy (non-hydrogen) atoms.